The SMILES string of the molecule is COc1c(CCc2ccc(O)c(O)c2)cc(-c2cc(CCc3ccc(O)c(O)c3)c(OC)c(OC)c2OC)c(OC)c1OC. The molecule has 4 N–H and O–H groups in total. The molecule has 4 rings (SSSR count). The molecule has 0 bridgehead atoms. The van der Waals surface area contributed by atoms with Crippen LogP contribution in [0.25, 0.3) is 11.1 Å². The van der Waals surface area contributed by atoms with E-state index >= 15 is 0 Å². The van der Waals surface area contributed by atoms with Crippen LogP contribution in [-0.4, -0.2) is 63.1 Å². The molecule has 0 aliphatic heterocycles. The van der Waals surface area contributed by atoms with Crippen molar-refractivity contribution in [1.29, 1.82) is 0 Å². The summed E-state index contributed by atoms with van der Waals surface area (Å²) in [5, 5.41) is 39.4. The molecule has 0 saturated carbocycles. The van der Waals surface area contributed by atoms with Gasteiger partial charge in [-0.2, -0.15) is 0 Å². The smallest absolute Gasteiger partial charge is 0.204 e. The summed E-state index contributed by atoms with van der Waals surface area (Å²) < 4.78 is 35.0. The van der Waals surface area contributed by atoms with Gasteiger partial charge in [0.15, 0.2) is 46.0 Å². The van der Waals surface area contributed by atoms with E-state index < -0.39 is 0 Å². The van der Waals surface area contributed by atoms with Crippen LogP contribution in [0.2, 0.25) is 0 Å². The van der Waals surface area contributed by atoms with Gasteiger partial charge < -0.3 is 48.8 Å². The van der Waals surface area contributed by atoms with Crippen molar-refractivity contribution in [2.75, 3.05) is 42.7 Å². The maximum absolute atomic E-state index is 9.99. The van der Waals surface area contributed by atoms with Gasteiger partial charge in [0.1, 0.15) is 0 Å². The van der Waals surface area contributed by atoms with E-state index in [0.717, 1.165) is 22.3 Å². The monoisotopic (exact) mass is 606 g/mol. The third-order valence-corrected chi connectivity index (χ3v) is 7.50. The predicted molar refractivity (Wildman–Crippen MR) is 166 cm³/mol. The predicted octanol–water partition coefficient (Wildman–Crippen LogP) is 5.80. The Morgan fingerprint density at radius 2 is 0.727 bits per heavy atom. The molecule has 0 radical (unpaired) electrons. The van der Waals surface area contributed by atoms with Crippen LogP contribution in [0.1, 0.15) is 22.3 Å². The Kier molecular flexibility index (Phi) is 10.0. The van der Waals surface area contributed by atoms with E-state index in [0.29, 0.717) is 71.3 Å². The largest absolute Gasteiger partial charge is 0.504 e. The molecule has 44 heavy (non-hydrogen) atoms. The van der Waals surface area contributed by atoms with Gasteiger partial charge in [0.05, 0.1) is 42.7 Å². The van der Waals surface area contributed by atoms with Crippen LogP contribution >= 0.6 is 0 Å². The van der Waals surface area contributed by atoms with Crippen LogP contribution in [0.3, 0.4) is 0 Å². The minimum absolute atomic E-state index is 0.182. The van der Waals surface area contributed by atoms with Crippen LogP contribution in [-0.2, 0) is 25.7 Å². The summed E-state index contributed by atoms with van der Waals surface area (Å²) in [4.78, 5) is 0. The number of rotatable bonds is 13. The fraction of sp³-hybridized carbons (Fsp3) is 0.294. The van der Waals surface area contributed by atoms with Crippen molar-refractivity contribution < 1.29 is 48.8 Å². The van der Waals surface area contributed by atoms with Gasteiger partial charge in [-0.3, -0.25) is 0 Å². The van der Waals surface area contributed by atoms with Gasteiger partial charge in [0.25, 0.3) is 0 Å². The highest BCUT2D eigenvalue weighted by Gasteiger charge is 2.28. The molecule has 10 nitrogen and oxygen atoms in total. The highest BCUT2D eigenvalue weighted by atomic mass is 16.5. The Morgan fingerprint density at radius 3 is 1.02 bits per heavy atom. The molecular weight excluding hydrogens is 568 g/mol. The summed E-state index contributed by atoms with van der Waals surface area (Å²) >= 11 is 0. The Labute approximate surface area is 256 Å². The Balaban J connectivity index is 1.88. The average Bonchev–Trinajstić information content (AvgIpc) is 3.03. The van der Waals surface area contributed by atoms with Gasteiger partial charge in [-0.05, 0) is 84.3 Å². The molecule has 0 unspecified atom stereocenters. The van der Waals surface area contributed by atoms with Crippen molar-refractivity contribution in [2.45, 2.75) is 25.7 Å². The van der Waals surface area contributed by atoms with Gasteiger partial charge in [-0.1, -0.05) is 12.1 Å². The summed E-state index contributed by atoms with van der Waals surface area (Å²) in [7, 11) is 9.29. The number of ether oxygens (including phenoxy) is 6. The zero-order valence-corrected chi connectivity index (χ0v) is 25.7. The fourth-order valence-corrected chi connectivity index (χ4v) is 5.36. The van der Waals surface area contributed by atoms with Crippen LogP contribution in [0, 0.1) is 0 Å². The van der Waals surface area contributed by atoms with E-state index in [1.165, 1.54) is 38.5 Å². The number of aryl methyl sites for hydroxylation is 4. The Hall–Kier alpha value is -5.12. The van der Waals surface area contributed by atoms with E-state index in [4.69, 9.17) is 28.4 Å². The number of aromatic hydroxyl groups is 4. The second-order valence-electron chi connectivity index (χ2n) is 10.0. The molecule has 234 valence electrons. The van der Waals surface area contributed by atoms with E-state index in [1.54, 1.807) is 40.6 Å². The third-order valence-electron chi connectivity index (χ3n) is 7.50. The number of phenolic OH excluding ortho intramolecular Hbond substituents is 4. The van der Waals surface area contributed by atoms with E-state index in [-0.39, 0.29) is 23.0 Å². The first kappa shape index (κ1) is 31.8. The molecule has 0 spiro atoms. The number of hydrogen-bond acceptors (Lipinski definition) is 10. The van der Waals surface area contributed by atoms with Gasteiger partial charge >= 0.3 is 0 Å². The molecule has 4 aromatic rings. The van der Waals surface area contributed by atoms with Gasteiger partial charge in [0.2, 0.25) is 11.5 Å². The minimum atomic E-state index is -0.187. The van der Waals surface area contributed by atoms with Crippen molar-refractivity contribution in [3.05, 3.63) is 70.8 Å². The average molecular weight is 607 g/mol. The first-order valence-electron chi connectivity index (χ1n) is 13.9. The van der Waals surface area contributed by atoms with Crippen molar-refractivity contribution in [2.24, 2.45) is 0 Å². The Bertz CT molecular complexity index is 1510. The molecule has 0 heterocycles. The molecule has 10 heteroatoms. The zero-order chi connectivity index (χ0) is 32.0. The molecular formula is C34H38O10. The first-order valence-corrected chi connectivity index (χ1v) is 13.9. The molecule has 4 aromatic carbocycles. The van der Waals surface area contributed by atoms with Crippen molar-refractivity contribution in [3.8, 4) is 68.6 Å². The first-order chi connectivity index (χ1) is 21.2. The molecule has 0 aromatic heterocycles. The maximum Gasteiger partial charge on any atom is 0.204 e. The van der Waals surface area contributed by atoms with Crippen LogP contribution < -0.4 is 28.4 Å². The highest BCUT2D eigenvalue weighted by Crippen LogP contribution is 2.53. The number of methoxy groups -OCH3 is 6. The summed E-state index contributed by atoms with van der Waals surface area (Å²) in [6, 6.07) is 13.4. The molecule has 0 fully saturated rings. The standard InChI is InChI=1S/C34H38O10/c1-39-29-21(11-7-19-9-13-25(35)27(37)15-19)17-23(31(41-3)33(29)43-5)24-18-22(30(40-2)34(44-6)32(24)42-4)12-8-20-10-14-26(36)28(38)16-20/h9-10,13-18,35-38H,7-8,11-12H2,1-6H3. The molecule has 0 saturated heterocycles. The van der Waals surface area contributed by atoms with Crippen molar-refractivity contribution in [3.63, 3.8) is 0 Å². The summed E-state index contributed by atoms with van der Waals surface area (Å²) in [6.07, 6.45) is 2.08. The van der Waals surface area contributed by atoms with Crippen LogP contribution in [0.4, 0.5) is 0 Å². The summed E-state index contributed by atoms with van der Waals surface area (Å²) in [5.41, 5.74) is 4.59. The summed E-state index contributed by atoms with van der Waals surface area (Å²) in [6.45, 7) is 0. The number of hydrogen-bond donors (Lipinski definition) is 4. The molecule has 0 aliphatic rings. The molecule has 0 aliphatic carbocycles. The van der Waals surface area contributed by atoms with Gasteiger partial charge in [-0.25, -0.2) is 0 Å². The van der Waals surface area contributed by atoms with E-state index in [2.05, 4.69) is 0 Å². The lowest BCUT2D eigenvalue weighted by molar-refractivity contribution is 0.320. The topological polar surface area (TPSA) is 136 Å². The lowest BCUT2D eigenvalue weighted by atomic mass is 9.92. The lowest BCUT2D eigenvalue weighted by Gasteiger charge is -2.23. The maximum atomic E-state index is 9.99. The van der Waals surface area contributed by atoms with Gasteiger partial charge in [-0.15, -0.1) is 0 Å². The van der Waals surface area contributed by atoms with Crippen molar-refractivity contribution >= 4 is 0 Å². The second kappa shape index (κ2) is 13.9. The fourth-order valence-electron chi connectivity index (χ4n) is 5.36. The number of benzene rings is 4. The Morgan fingerprint density at radius 1 is 0.386 bits per heavy atom. The van der Waals surface area contributed by atoms with E-state index in [1.807, 2.05) is 12.1 Å². The minimum Gasteiger partial charge on any atom is -0.504 e. The summed E-state index contributed by atoms with van der Waals surface area (Å²) in [5.74, 6) is 1.91. The third kappa shape index (κ3) is 6.29. The van der Waals surface area contributed by atoms with E-state index in [9.17, 15) is 20.4 Å². The lowest BCUT2D eigenvalue weighted by Crippen LogP contribution is -2.05. The number of phenols is 4. The van der Waals surface area contributed by atoms with Crippen molar-refractivity contribution in [1.82, 2.24) is 0 Å². The van der Waals surface area contributed by atoms with Crippen LogP contribution in [0.5, 0.6) is 57.5 Å². The second-order valence-corrected chi connectivity index (χ2v) is 10.0. The van der Waals surface area contributed by atoms with Gasteiger partial charge in [0, 0.05) is 11.1 Å². The highest BCUT2D eigenvalue weighted by molar-refractivity contribution is 5.85. The molecule has 0 amide bonds. The zero-order valence-electron chi connectivity index (χ0n) is 25.7. The van der Waals surface area contributed by atoms with Crippen LogP contribution in [0.15, 0.2) is 48.5 Å². The molecule has 0 atom stereocenters. The normalized spacial score (nSPS) is 10.8. The quantitative estimate of drug-likeness (QED) is 0.138.